The van der Waals surface area contributed by atoms with Crippen LogP contribution in [0, 0.1) is 0 Å². The summed E-state index contributed by atoms with van der Waals surface area (Å²) in [4.78, 5) is 24.7. The molecule has 0 spiro atoms. The number of ketones is 1. The van der Waals surface area contributed by atoms with Gasteiger partial charge in [0.25, 0.3) is 0 Å². The second-order valence-electron chi connectivity index (χ2n) is 7.67. The van der Waals surface area contributed by atoms with E-state index in [2.05, 4.69) is 0 Å². The van der Waals surface area contributed by atoms with Crippen LogP contribution in [0.2, 0.25) is 0 Å². The highest BCUT2D eigenvalue weighted by Gasteiger charge is 2.32. The summed E-state index contributed by atoms with van der Waals surface area (Å²) in [6.07, 6.45) is -0.407. The molecule has 10 heteroatoms. The predicted octanol–water partition coefficient (Wildman–Crippen LogP) is 2.25. The van der Waals surface area contributed by atoms with Crippen LogP contribution in [0.15, 0.2) is 47.4 Å². The maximum atomic E-state index is 12.9. The van der Waals surface area contributed by atoms with Crippen molar-refractivity contribution in [2.45, 2.75) is 31.0 Å². The fraction of sp³-hybridized carbons (Fsp3) is 0.364. The van der Waals surface area contributed by atoms with Crippen LogP contribution in [0.3, 0.4) is 0 Å². The van der Waals surface area contributed by atoms with Gasteiger partial charge >= 0.3 is 5.97 Å². The Morgan fingerprint density at radius 2 is 1.59 bits per heavy atom. The predicted molar refractivity (Wildman–Crippen MR) is 112 cm³/mol. The average molecular weight is 461 g/mol. The normalized spacial score (nSPS) is 20.7. The number of carbonyl (C=O) groups excluding carboxylic acids is 2. The molecule has 4 rings (SSSR count). The fourth-order valence-electron chi connectivity index (χ4n) is 3.61. The van der Waals surface area contributed by atoms with Crippen LogP contribution < -0.4 is 9.47 Å². The molecule has 0 radical (unpaired) electrons. The first-order valence-corrected chi connectivity index (χ1v) is 11.5. The van der Waals surface area contributed by atoms with Gasteiger partial charge in [0.05, 0.1) is 22.7 Å². The van der Waals surface area contributed by atoms with E-state index in [9.17, 15) is 18.0 Å². The van der Waals surface area contributed by atoms with E-state index in [1.165, 1.54) is 34.6 Å². The van der Waals surface area contributed by atoms with E-state index in [0.717, 1.165) is 0 Å². The van der Waals surface area contributed by atoms with Gasteiger partial charge in [0.1, 0.15) is 0 Å². The van der Waals surface area contributed by atoms with Crippen LogP contribution in [-0.2, 0) is 19.5 Å². The summed E-state index contributed by atoms with van der Waals surface area (Å²) in [6, 6.07) is 10.2. The van der Waals surface area contributed by atoms with Crippen molar-refractivity contribution in [2.24, 2.45) is 0 Å². The van der Waals surface area contributed by atoms with Gasteiger partial charge in [-0.25, -0.2) is 13.2 Å². The minimum absolute atomic E-state index is 0.0757. The summed E-state index contributed by atoms with van der Waals surface area (Å²) in [5.74, 6) is -0.110. The van der Waals surface area contributed by atoms with Crippen LogP contribution in [0.1, 0.15) is 34.6 Å². The molecule has 2 unspecified atom stereocenters. The molecule has 0 N–H and O–H groups in total. The average Bonchev–Trinajstić information content (AvgIpc) is 3.24. The van der Waals surface area contributed by atoms with E-state index in [-0.39, 0.29) is 42.5 Å². The summed E-state index contributed by atoms with van der Waals surface area (Å²) < 4.78 is 48.3. The van der Waals surface area contributed by atoms with Crippen molar-refractivity contribution in [3.05, 3.63) is 53.6 Å². The maximum Gasteiger partial charge on any atom is 0.338 e. The Bertz CT molecular complexity index is 1120. The molecule has 2 atom stereocenters. The molecule has 1 saturated heterocycles. The van der Waals surface area contributed by atoms with Crippen molar-refractivity contribution in [1.29, 1.82) is 0 Å². The molecule has 0 aromatic heterocycles. The summed E-state index contributed by atoms with van der Waals surface area (Å²) in [6.45, 7) is 3.81. The second-order valence-corrected chi connectivity index (χ2v) is 9.61. The van der Waals surface area contributed by atoms with Crippen molar-refractivity contribution < 1.29 is 37.0 Å². The third-order valence-corrected chi connectivity index (χ3v) is 6.99. The van der Waals surface area contributed by atoms with E-state index in [0.29, 0.717) is 17.1 Å². The smallest absolute Gasteiger partial charge is 0.338 e. The number of ether oxygens (including phenoxy) is 4. The number of sulfonamides is 1. The van der Waals surface area contributed by atoms with Gasteiger partial charge in [0.2, 0.25) is 16.8 Å². The van der Waals surface area contributed by atoms with Crippen LogP contribution in [0.4, 0.5) is 0 Å². The highest BCUT2D eigenvalue weighted by atomic mass is 32.2. The van der Waals surface area contributed by atoms with Crippen molar-refractivity contribution in [2.75, 3.05) is 26.5 Å². The monoisotopic (exact) mass is 461 g/mol. The SMILES string of the molecule is CC1CN(S(=O)(=O)c2ccc(C(=O)OCC(=O)c3ccc4c(c3)OCO4)cc2)CC(C)O1. The number of fused-ring (bicyclic) bond motifs is 1. The topological polar surface area (TPSA) is 108 Å². The molecule has 32 heavy (non-hydrogen) atoms. The van der Waals surface area contributed by atoms with Gasteiger partial charge < -0.3 is 18.9 Å². The molecule has 0 aliphatic carbocycles. The molecule has 2 aromatic rings. The molecular weight excluding hydrogens is 438 g/mol. The van der Waals surface area contributed by atoms with E-state index in [1.807, 2.05) is 13.8 Å². The third-order valence-electron chi connectivity index (χ3n) is 5.14. The van der Waals surface area contributed by atoms with Gasteiger partial charge in [-0.15, -0.1) is 0 Å². The standard InChI is InChI=1S/C22H23NO8S/c1-14-10-23(11-15(2)31-14)32(26,27)18-6-3-16(4-7-18)22(25)28-12-19(24)17-5-8-20-21(9-17)30-13-29-20/h3-9,14-15H,10-13H2,1-2H3. The van der Waals surface area contributed by atoms with Gasteiger partial charge in [0.15, 0.2) is 23.9 Å². The van der Waals surface area contributed by atoms with Gasteiger partial charge in [-0.1, -0.05) is 0 Å². The lowest BCUT2D eigenvalue weighted by Crippen LogP contribution is -2.48. The second kappa shape index (κ2) is 8.89. The largest absolute Gasteiger partial charge is 0.454 e. The summed E-state index contributed by atoms with van der Waals surface area (Å²) in [5.41, 5.74) is 0.476. The molecular formula is C22H23NO8S. The number of carbonyl (C=O) groups is 2. The molecule has 2 aromatic carbocycles. The number of hydrogen-bond donors (Lipinski definition) is 0. The number of nitrogens with zero attached hydrogens (tertiary/aromatic N) is 1. The van der Waals surface area contributed by atoms with Gasteiger partial charge in [0, 0.05) is 18.7 Å². The highest BCUT2D eigenvalue weighted by molar-refractivity contribution is 7.89. The van der Waals surface area contributed by atoms with Crippen molar-refractivity contribution in [1.82, 2.24) is 4.31 Å². The lowest BCUT2D eigenvalue weighted by Gasteiger charge is -2.34. The highest BCUT2D eigenvalue weighted by Crippen LogP contribution is 2.32. The molecule has 170 valence electrons. The molecule has 0 bridgehead atoms. The number of Topliss-reactive ketones (excluding diaryl/α,β-unsaturated/α-hetero) is 1. The molecule has 9 nitrogen and oxygen atoms in total. The van der Waals surface area contributed by atoms with Gasteiger partial charge in [-0.05, 0) is 56.3 Å². The third kappa shape index (κ3) is 4.62. The van der Waals surface area contributed by atoms with E-state index in [1.54, 1.807) is 12.1 Å². The molecule has 2 aliphatic heterocycles. The van der Waals surface area contributed by atoms with Crippen molar-refractivity contribution >= 4 is 21.8 Å². The molecule has 2 heterocycles. The first-order valence-electron chi connectivity index (χ1n) is 10.1. The minimum Gasteiger partial charge on any atom is -0.454 e. The Morgan fingerprint density at radius 3 is 2.28 bits per heavy atom. The first kappa shape index (κ1) is 22.3. The Kier molecular flexibility index (Phi) is 6.18. The lowest BCUT2D eigenvalue weighted by atomic mass is 10.1. The van der Waals surface area contributed by atoms with Gasteiger partial charge in [-0.3, -0.25) is 4.79 Å². The van der Waals surface area contributed by atoms with Crippen LogP contribution >= 0.6 is 0 Å². The molecule has 1 fully saturated rings. The van der Waals surface area contributed by atoms with Crippen LogP contribution in [0.5, 0.6) is 11.5 Å². The lowest BCUT2D eigenvalue weighted by molar-refractivity contribution is -0.0440. The number of hydrogen-bond acceptors (Lipinski definition) is 8. The van der Waals surface area contributed by atoms with Crippen LogP contribution in [0.25, 0.3) is 0 Å². The first-order chi connectivity index (χ1) is 15.2. The Labute approximate surface area is 185 Å². The Hall–Kier alpha value is -2.95. The minimum atomic E-state index is -3.71. The Balaban J connectivity index is 1.38. The Morgan fingerprint density at radius 1 is 0.969 bits per heavy atom. The fourth-order valence-corrected chi connectivity index (χ4v) is 5.20. The summed E-state index contributed by atoms with van der Waals surface area (Å²) in [5, 5.41) is 0. The quantitative estimate of drug-likeness (QED) is 0.476. The number of esters is 1. The number of rotatable bonds is 6. The number of morpholine rings is 1. The summed E-state index contributed by atoms with van der Waals surface area (Å²) in [7, 11) is -3.71. The van der Waals surface area contributed by atoms with E-state index in [4.69, 9.17) is 18.9 Å². The summed E-state index contributed by atoms with van der Waals surface area (Å²) >= 11 is 0. The van der Waals surface area contributed by atoms with E-state index < -0.39 is 28.4 Å². The zero-order chi connectivity index (χ0) is 22.9. The molecule has 0 amide bonds. The maximum absolute atomic E-state index is 12.9. The number of benzene rings is 2. The molecule has 0 saturated carbocycles. The van der Waals surface area contributed by atoms with Crippen molar-refractivity contribution in [3.63, 3.8) is 0 Å². The van der Waals surface area contributed by atoms with Crippen molar-refractivity contribution in [3.8, 4) is 11.5 Å². The van der Waals surface area contributed by atoms with E-state index >= 15 is 0 Å². The molecule has 2 aliphatic rings. The van der Waals surface area contributed by atoms with Gasteiger partial charge in [-0.2, -0.15) is 4.31 Å². The zero-order valence-corrected chi connectivity index (χ0v) is 18.5. The van der Waals surface area contributed by atoms with Crippen LogP contribution in [-0.4, -0.2) is 63.2 Å². The zero-order valence-electron chi connectivity index (χ0n) is 17.6.